The predicted octanol–water partition coefficient (Wildman–Crippen LogP) is 2.15. The molecule has 2 rings (SSSR count). The number of hydrogen-bond acceptors (Lipinski definition) is 5. The van der Waals surface area contributed by atoms with Crippen LogP contribution in [0.1, 0.15) is 25.8 Å². The third-order valence-corrected chi connectivity index (χ3v) is 2.26. The quantitative estimate of drug-likeness (QED) is 0.875. The summed E-state index contributed by atoms with van der Waals surface area (Å²) >= 11 is 0. The molecule has 1 heterocycles. The molecule has 5 heteroatoms. The number of para-hydroxylation sites is 1. The van der Waals surface area contributed by atoms with Crippen LogP contribution in [0.15, 0.2) is 28.8 Å². The van der Waals surface area contributed by atoms with Gasteiger partial charge in [-0.2, -0.15) is 4.98 Å². The fourth-order valence-electron chi connectivity index (χ4n) is 1.46. The van der Waals surface area contributed by atoms with Gasteiger partial charge in [-0.3, -0.25) is 0 Å². The topological polar surface area (TPSA) is 74.2 Å². The van der Waals surface area contributed by atoms with Crippen molar-refractivity contribution in [2.75, 3.05) is 6.61 Å². The Labute approximate surface area is 99.6 Å². The van der Waals surface area contributed by atoms with Crippen LogP contribution in [0.3, 0.4) is 0 Å². The van der Waals surface area contributed by atoms with E-state index in [1.165, 1.54) is 0 Å². The van der Waals surface area contributed by atoms with E-state index < -0.39 is 0 Å². The lowest BCUT2D eigenvalue weighted by Crippen LogP contribution is -2.04. The third kappa shape index (κ3) is 2.45. The van der Waals surface area contributed by atoms with Crippen LogP contribution < -0.4 is 10.5 Å². The fourth-order valence-corrected chi connectivity index (χ4v) is 1.46. The zero-order valence-corrected chi connectivity index (χ0v) is 9.88. The van der Waals surface area contributed by atoms with E-state index in [1.807, 2.05) is 31.2 Å². The van der Waals surface area contributed by atoms with E-state index in [-0.39, 0.29) is 6.04 Å². The van der Waals surface area contributed by atoms with E-state index in [0.717, 1.165) is 11.3 Å². The minimum Gasteiger partial charge on any atom is -0.493 e. The van der Waals surface area contributed by atoms with Gasteiger partial charge in [0.1, 0.15) is 5.75 Å². The van der Waals surface area contributed by atoms with E-state index in [2.05, 4.69) is 10.1 Å². The van der Waals surface area contributed by atoms with E-state index >= 15 is 0 Å². The summed E-state index contributed by atoms with van der Waals surface area (Å²) in [6.07, 6.45) is 0. The molecule has 0 bridgehead atoms. The van der Waals surface area contributed by atoms with Crippen molar-refractivity contribution < 1.29 is 9.26 Å². The number of nitrogens with zero attached hydrogens (tertiary/aromatic N) is 2. The van der Waals surface area contributed by atoms with Crippen molar-refractivity contribution in [3.8, 4) is 17.1 Å². The van der Waals surface area contributed by atoms with Crippen LogP contribution in [-0.2, 0) is 0 Å². The number of ether oxygens (including phenoxy) is 1. The van der Waals surface area contributed by atoms with Gasteiger partial charge in [0, 0.05) is 0 Å². The van der Waals surface area contributed by atoms with Crippen LogP contribution in [0.5, 0.6) is 5.75 Å². The van der Waals surface area contributed by atoms with Crippen molar-refractivity contribution >= 4 is 0 Å². The first-order valence-corrected chi connectivity index (χ1v) is 5.53. The maximum absolute atomic E-state index is 5.67. The van der Waals surface area contributed by atoms with Gasteiger partial charge in [0.2, 0.25) is 11.7 Å². The molecule has 90 valence electrons. The fraction of sp³-hybridized carbons (Fsp3) is 0.333. The summed E-state index contributed by atoms with van der Waals surface area (Å²) in [6.45, 7) is 4.32. The normalized spacial score (nSPS) is 12.4. The SMILES string of the molecule is CCOc1ccccc1-c1noc(C(C)N)n1. The van der Waals surface area contributed by atoms with Gasteiger partial charge in [-0.25, -0.2) is 0 Å². The molecule has 17 heavy (non-hydrogen) atoms. The highest BCUT2D eigenvalue weighted by Crippen LogP contribution is 2.27. The lowest BCUT2D eigenvalue weighted by molar-refractivity contribution is 0.340. The number of aromatic nitrogens is 2. The second-order valence-electron chi connectivity index (χ2n) is 3.67. The van der Waals surface area contributed by atoms with E-state index in [0.29, 0.717) is 18.3 Å². The highest BCUT2D eigenvalue weighted by Gasteiger charge is 2.14. The number of rotatable bonds is 4. The second-order valence-corrected chi connectivity index (χ2v) is 3.67. The van der Waals surface area contributed by atoms with Gasteiger partial charge >= 0.3 is 0 Å². The first-order valence-electron chi connectivity index (χ1n) is 5.53. The smallest absolute Gasteiger partial charge is 0.243 e. The van der Waals surface area contributed by atoms with Gasteiger partial charge in [0.25, 0.3) is 0 Å². The van der Waals surface area contributed by atoms with Gasteiger partial charge in [-0.05, 0) is 26.0 Å². The highest BCUT2D eigenvalue weighted by molar-refractivity contribution is 5.63. The van der Waals surface area contributed by atoms with Crippen molar-refractivity contribution in [1.29, 1.82) is 0 Å². The number of benzene rings is 1. The minimum absolute atomic E-state index is 0.268. The minimum atomic E-state index is -0.268. The summed E-state index contributed by atoms with van der Waals surface area (Å²) in [7, 11) is 0. The monoisotopic (exact) mass is 233 g/mol. The van der Waals surface area contributed by atoms with E-state index in [1.54, 1.807) is 6.92 Å². The number of hydrogen-bond donors (Lipinski definition) is 1. The summed E-state index contributed by atoms with van der Waals surface area (Å²) in [5.74, 6) is 1.67. The summed E-state index contributed by atoms with van der Waals surface area (Å²) in [4.78, 5) is 4.24. The van der Waals surface area contributed by atoms with Crippen LogP contribution in [0, 0.1) is 0 Å². The van der Waals surface area contributed by atoms with Gasteiger partial charge in [0.15, 0.2) is 0 Å². The molecule has 0 aliphatic rings. The molecule has 0 radical (unpaired) electrons. The maximum Gasteiger partial charge on any atom is 0.243 e. The molecule has 0 saturated heterocycles. The molecule has 0 aliphatic heterocycles. The van der Waals surface area contributed by atoms with Crippen LogP contribution in [0.2, 0.25) is 0 Å². The zero-order chi connectivity index (χ0) is 12.3. The largest absolute Gasteiger partial charge is 0.493 e. The molecule has 0 aliphatic carbocycles. The van der Waals surface area contributed by atoms with Crippen molar-refractivity contribution in [2.45, 2.75) is 19.9 Å². The lowest BCUT2D eigenvalue weighted by atomic mass is 10.2. The second kappa shape index (κ2) is 4.97. The number of nitrogens with two attached hydrogens (primary N) is 1. The molecule has 1 atom stereocenters. The van der Waals surface area contributed by atoms with E-state index in [9.17, 15) is 0 Å². The van der Waals surface area contributed by atoms with Crippen LogP contribution in [0.25, 0.3) is 11.4 Å². The third-order valence-electron chi connectivity index (χ3n) is 2.26. The molecule has 0 fully saturated rings. The van der Waals surface area contributed by atoms with Gasteiger partial charge in [0.05, 0.1) is 18.2 Å². The Morgan fingerprint density at radius 3 is 2.82 bits per heavy atom. The van der Waals surface area contributed by atoms with Gasteiger partial charge < -0.3 is 15.0 Å². The van der Waals surface area contributed by atoms with E-state index in [4.69, 9.17) is 15.0 Å². The van der Waals surface area contributed by atoms with Crippen molar-refractivity contribution in [2.24, 2.45) is 5.73 Å². The Balaban J connectivity index is 2.38. The maximum atomic E-state index is 5.67. The molecule has 1 unspecified atom stereocenters. The Bertz CT molecular complexity index is 494. The average molecular weight is 233 g/mol. The molecule has 0 spiro atoms. The molecule has 2 aromatic rings. The molecular formula is C12H15N3O2. The molecule has 2 N–H and O–H groups in total. The van der Waals surface area contributed by atoms with Crippen molar-refractivity contribution in [1.82, 2.24) is 10.1 Å². The Kier molecular flexibility index (Phi) is 3.39. The molecule has 0 amide bonds. The summed E-state index contributed by atoms with van der Waals surface area (Å²) in [5, 5.41) is 3.90. The first-order chi connectivity index (χ1) is 8.22. The highest BCUT2D eigenvalue weighted by atomic mass is 16.5. The summed E-state index contributed by atoms with van der Waals surface area (Å²) < 4.78 is 10.6. The molecule has 0 saturated carbocycles. The van der Waals surface area contributed by atoms with Crippen LogP contribution in [0.4, 0.5) is 0 Å². The van der Waals surface area contributed by atoms with Crippen LogP contribution >= 0.6 is 0 Å². The Morgan fingerprint density at radius 1 is 1.41 bits per heavy atom. The Morgan fingerprint density at radius 2 is 2.18 bits per heavy atom. The summed E-state index contributed by atoms with van der Waals surface area (Å²) in [6, 6.07) is 7.30. The Hall–Kier alpha value is -1.88. The zero-order valence-electron chi connectivity index (χ0n) is 9.88. The summed E-state index contributed by atoms with van der Waals surface area (Å²) in [5.41, 5.74) is 6.48. The van der Waals surface area contributed by atoms with Crippen molar-refractivity contribution in [3.05, 3.63) is 30.2 Å². The van der Waals surface area contributed by atoms with Crippen molar-refractivity contribution in [3.63, 3.8) is 0 Å². The van der Waals surface area contributed by atoms with Crippen LogP contribution in [-0.4, -0.2) is 16.7 Å². The average Bonchev–Trinajstić information content (AvgIpc) is 2.79. The molecule has 5 nitrogen and oxygen atoms in total. The molecule has 1 aromatic heterocycles. The first kappa shape index (κ1) is 11.6. The lowest BCUT2D eigenvalue weighted by Gasteiger charge is -2.06. The van der Waals surface area contributed by atoms with Gasteiger partial charge in [-0.1, -0.05) is 17.3 Å². The predicted molar refractivity (Wildman–Crippen MR) is 63.5 cm³/mol. The standard InChI is InChI=1S/C12H15N3O2/c1-3-16-10-7-5-4-6-9(10)11-14-12(8(2)13)17-15-11/h4-8H,3,13H2,1-2H3. The molecular weight excluding hydrogens is 218 g/mol. The molecule has 1 aromatic carbocycles. The van der Waals surface area contributed by atoms with Gasteiger partial charge in [-0.15, -0.1) is 0 Å².